The Labute approximate surface area is 322 Å². The number of carbonyl (C=O) groups excluding carboxylic acids is 1. The summed E-state index contributed by atoms with van der Waals surface area (Å²) < 4.78 is 19.8. The summed E-state index contributed by atoms with van der Waals surface area (Å²) in [6.07, 6.45) is 7.72. The molecule has 2 aromatic heterocycles. The van der Waals surface area contributed by atoms with Gasteiger partial charge in [-0.1, -0.05) is 81.5 Å². The van der Waals surface area contributed by atoms with Gasteiger partial charge in [0.2, 0.25) is 6.35 Å². The standard InChI is InChI=1S/C42H53N7O6/c1-4-19-47-40(52)36-34(24-33(45-36)29-14-9-6-10-15-29)48(41(47)55-42(3)18-20-53-25-42)49-35(46-37-38(49)43-26-44-39(37)51)23-32(21-28-12-7-5-8-13-28)54-31-17-11-16-30(22-31)27(2)50/h6,9-11,14-17,22,24,26-28,32,35,41,45-46,50H,4-5,7-8,12-13,18-21,23,25H2,1-3H3,(H,43,44,51). The molecule has 1 saturated carbocycles. The third-order valence-electron chi connectivity index (χ3n) is 11.5. The van der Waals surface area contributed by atoms with Gasteiger partial charge in [0.1, 0.15) is 29.4 Å². The second-order valence-corrected chi connectivity index (χ2v) is 15.7. The Bertz CT molecular complexity index is 2000. The van der Waals surface area contributed by atoms with E-state index >= 15 is 0 Å². The molecule has 1 amide bonds. The van der Waals surface area contributed by atoms with E-state index in [2.05, 4.69) is 15.3 Å². The smallest absolute Gasteiger partial charge is 0.276 e. The average Bonchev–Trinajstić information content (AvgIpc) is 3.92. The van der Waals surface area contributed by atoms with Gasteiger partial charge in [0.15, 0.2) is 5.82 Å². The van der Waals surface area contributed by atoms with E-state index in [4.69, 9.17) is 19.2 Å². The number of benzene rings is 2. The number of aromatic nitrogens is 3. The summed E-state index contributed by atoms with van der Waals surface area (Å²) in [7, 11) is 0. The average molecular weight is 752 g/mol. The zero-order valence-electron chi connectivity index (χ0n) is 32.0. The number of ether oxygens (including phenoxy) is 3. The molecule has 0 radical (unpaired) electrons. The van der Waals surface area contributed by atoms with Crippen molar-refractivity contribution < 1.29 is 24.1 Å². The van der Waals surface area contributed by atoms with Gasteiger partial charge >= 0.3 is 0 Å². The molecule has 1 saturated heterocycles. The van der Waals surface area contributed by atoms with Gasteiger partial charge < -0.3 is 34.6 Å². The highest BCUT2D eigenvalue weighted by Crippen LogP contribution is 2.44. The van der Waals surface area contributed by atoms with Crippen LogP contribution in [-0.4, -0.2) is 74.8 Å². The molecule has 3 aliphatic heterocycles. The number of anilines is 3. The second-order valence-electron chi connectivity index (χ2n) is 15.7. The molecule has 4 aliphatic rings. The first-order chi connectivity index (χ1) is 26.7. The topological polar surface area (TPSA) is 148 Å². The maximum absolute atomic E-state index is 14.6. The van der Waals surface area contributed by atoms with Crippen molar-refractivity contribution in [2.24, 2.45) is 5.92 Å². The zero-order chi connectivity index (χ0) is 38.1. The van der Waals surface area contributed by atoms with Gasteiger partial charge in [0.25, 0.3) is 11.5 Å². The number of aromatic amines is 2. The number of aliphatic hydroxyl groups excluding tert-OH is 1. The van der Waals surface area contributed by atoms with Crippen LogP contribution < -0.4 is 25.6 Å². The Balaban J connectivity index is 1.25. The Kier molecular flexibility index (Phi) is 10.6. The van der Waals surface area contributed by atoms with Crippen molar-refractivity contribution in [1.82, 2.24) is 19.9 Å². The summed E-state index contributed by atoms with van der Waals surface area (Å²) in [6.45, 7) is 7.21. The molecule has 5 unspecified atom stereocenters. The number of fused-ring (bicyclic) bond motifs is 2. The van der Waals surface area contributed by atoms with Crippen molar-refractivity contribution >= 4 is 23.1 Å². The number of hydrogen-bond acceptors (Lipinski definition) is 10. The predicted octanol–water partition coefficient (Wildman–Crippen LogP) is 6.95. The van der Waals surface area contributed by atoms with E-state index in [9.17, 15) is 14.7 Å². The van der Waals surface area contributed by atoms with E-state index in [0.717, 1.165) is 36.1 Å². The van der Waals surface area contributed by atoms with Gasteiger partial charge in [-0.15, -0.1) is 0 Å². The molecule has 0 spiro atoms. The van der Waals surface area contributed by atoms with Crippen LogP contribution in [0.25, 0.3) is 11.3 Å². The molecule has 5 atom stereocenters. The van der Waals surface area contributed by atoms with E-state index in [1.54, 1.807) is 11.8 Å². The lowest BCUT2D eigenvalue weighted by Gasteiger charge is -2.50. The maximum atomic E-state index is 14.6. The number of rotatable bonds is 13. The largest absolute Gasteiger partial charge is 0.490 e. The first-order valence-corrected chi connectivity index (χ1v) is 19.9. The summed E-state index contributed by atoms with van der Waals surface area (Å²) >= 11 is 0. The molecule has 292 valence electrons. The van der Waals surface area contributed by atoms with Crippen molar-refractivity contribution in [2.45, 2.75) is 109 Å². The van der Waals surface area contributed by atoms with Gasteiger partial charge in [-0.05, 0) is 61.9 Å². The monoisotopic (exact) mass is 751 g/mol. The van der Waals surface area contributed by atoms with E-state index in [1.165, 1.54) is 25.6 Å². The fourth-order valence-corrected chi connectivity index (χ4v) is 8.60. The fourth-order valence-electron chi connectivity index (χ4n) is 8.60. The maximum Gasteiger partial charge on any atom is 0.276 e. The summed E-state index contributed by atoms with van der Waals surface area (Å²) in [5, 5.41) is 18.0. The summed E-state index contributed by atoms with van der Waals surface area (Å²) in [5.74, 6) is 1.45. The number of carbonyl (C=O) groups is 1. The lowest BCUT2D eigenvalue weighted by atomic mass is 9.84. The highest BCUT2D eigenvalue weighted by Gasteiger charge is 2.50. The number of amides is 1. The Morgan fingerprint density at radius 3 is 2.60 bits per heavy atom. The van der Waals surface area contributed by atoms with E-state index in [-0.39, 0.29) is 17.6 Å². The Morgan fingerprint density at radius 2 is 1.85 bits per heavy atom. The number of nitrogens with zero attached hydrogens (tertiary/aromatic N) is 4. The third kappa shape index (κ3) is 7.57. The molecule has 4 N–H and O–H groups in total. The highest BCUT2D eigenvalue weighted by atomic mass is 16.6. The minimum absolute atomic E-state index is 0.165. The fraction of sp³-hybridized carbons (Fsp3) is 0.500. The van der Waals surface area contributed by atoms with E-state index in [0.29, 0.717) is 73.6 Å². The zero-order valence-corrected chi connectivity index (χ0v) is 32.0. The van der Waals surface area contributed by atoms with Crippen molar-refractivity contribution in [3.8, 4) is 17.0 Å². The SMILES string of the molecule is CCCN1C(=O)c2[nH]c(-c3ccccc3)cc2N(N2c3nc[nH]c(=O)c3NC2CC(CC2CCCCC2)Oc2cccc(C(C)O)c2)C1OC1(C)CCOC1. The summed E-state index contributed by atoms with van der Waals surface area (Å²) in [4.78, 5) is 40.9. The van der Waals surface area contributed by atoms with Crippen LogP contribution in [0.2, 0.25) is 0 Å². The molecule has 4 aromatic rings. The summed E-state index contributed by atoms with van der Waals surface area (Å²) in [5.41, 5.74) is 2.95. The molecular weight excluding hydrogens is 699 g/mol. The number of hydrogen-bond donors (Lipinski definition) is 4. The van der Waals surface area contributed by atoms with Crippen LogP contribution in [0.1, 0.15) is 101 Å². The molecule has 2 aromatic carbocycles. The van der Waals surface area contributed by atoms with Crippen LogP contribution in [0.5, 0.6) is 5.75 Å². The molecule has 5 heterocycles. The van der Waals surface area contributed by atoms with Gasteiger partial charge in [-0.3, -0.25) is 14.5 Å². The quantitative estimate of drug-likeness (QED) is 0.113. The van der Waals surface area contributed by atoms with Gasteiger partial charge in [0, 0.05) is 31.7 Å². The van der Waals surface area contributed by atoms with Crippen molar-refractivity contribution in [1.29, 1.82) is 0 Å². The first kappa shape index (κ1) is 37.1. The molecule has 13 heteroatoms. The van der Waals surface area contributed by atoms with Crippen molar-refractivity contribution in [3.63, 3.8) is 0 Å². The van der Waals surface area contributed by atoms with Crippen LogP contribution in [0.3, 0.4) is 0 Å². The lowest BCUT2D eigenvalue weighted by molar-refractivity contribution is -0.139. The van der Waals surface area contributed by atoms with Crippen LogP contribution in [0.4, 0.5) is 17.2 Å². The van der Waals surface area contributed by atoms with Crippen LogP contribution in [-0.2, 0) is 9.47 Å². The van der Waals surface area contributed by atoms with Crippen LogP contribution >= 0.6 is 0 Å². The third-order valence-corrected chi connectivity index (χ3v) is 11.5. The highest BCUT2D eigenvalue weighted by molar-refractivity contribution is 6.02. The number of hydrazine groups is 1. The summed E-state index contributed by atoms with van der Waals surface area (Å²) in [6, 6.07) is 19.6. The Hall–Kier alpha value is -4.85. The van der Waals surface area contributed by atoms with Crippen molar-refractivity contribution in [2.75, 3.05) is 35.1 Å². The van der Waals surface area contributed by atoms with Gasteiger partial charge in [-0.2, -0.15) is 0 Å². The van der Waals surface area contributed by atoms with Crippen molar-refractivity contribution in [3.05, 3.63) is 88.6 Å². The molecule has 55 heavy (non-hydrogen) atoms. The van der Waals surface area contributed by atoms with Gasteiger partial charge in [0.05, 0.1) is 30.3 Å². The Morgan fingerprint density at radius 1 is 1.04 bits per heavy atom. The molecular formula is C42H53N7O6. The minimum atomic E-state index is -0.886. The molecule has 13 nitrogen and oxygen atoms in total. The molecule has 2 fully saturated rings. The number of nitrogens with one attached hydrogen (secondary N) is 3. The van der Waals surface area contributed by atoms with Crippen LogP contribution in [0.15, 0.2) is 71.8 Å². The molecule has 0 bridgehead atoms. The van der Waals surface area contributed by atoms with E-state index in [1.807, 2.05) is 84.5 Å². The molecule has 8 rings (SSSR count). The first-order valence-electron chi connectivity index (χ1n) is 19.9. The second kappa shape index (κ2) is 15.7. The minimum Gasteiger partial charge on any atom is -0.490 e. The number of aliphatic hydroxyl groups is 1. The predicted molar refractivity (Wildman–Crippen MR) is 211 cm³/mol. The molecule has 1 aliphatic carbocycles. The number of H-pyrrole nitrogens is 2. The lowest BCUT2D eigenvalue weighted by Crippen LogP contribution is -2.66. The van der Waals surface area contributed by atoms with Crippen LogP contribution in [0, 0.1) is 5.92 Å². The van der Waals surface area contributed by atoms with E-state index < -0.39 is 24.2 Å². The van der Waals surface area contributed by atoms with Gasteiger partial charge in [-0.25, -0.2) is 15.0 Å². The normalized spacial score (nSPS) is 23.7.